The van der Waals surface area contributed by atoms with E-state index in [4.69, 9.17) is 1.37 Å². The average molecular weight is 318 g/mol. The van der Waals surface area contributed by atoms with Gasteiger partial charge in [-0.3, -0.25) is 4.79 Å². The van der Waals surface area contributed by atoms with Gasteiger partial charge >= 0.3 is 0 Å². The van der Waals surface area contributed by atoms with E-state index < -0.39 is 0 Å². The standard InChI is InChI=1S/C22H23NO/c1-3-4-14-23-22(24)21-19-13-9-8-12-18(19)16(2)15-20(21)17-10-6-5-7-11-17/h5-13,15H,3-4,14H2,1-2H3,(H,23,24)/i15D. The van der Waals surface area contributed by atoms with E-state index in [1.165, 1.54) is 0 Å². The molecule has 0 aromatic heterocycles. The summed E-state index contributed by atoms with van der Waals surface area (Å²) in [5.74, 6) is -0.1000. The van der Waals surface area contributed by atoms with Crippen LogP contribution >= 0.6 is 0 Å². The molecule has 0 unspecified atom stereocenters. The Hall–Kier alpha value is -2.61. The number of benzene rings is 3. The molecule has 0 heterocycles. The molecule has 1 N–H and O–H groups in total. The van der Waals surface area contributed by atoms with Gasteiger partial charge in [-0.25, -0.2) is 0 Å². The van der Waals surface area contributed by atoms with Crippen LogP contribution in [0.3, 0.4) is 0 Å². The summed E-state index contributed by atoms with van der Waals surface area (Å²) >= 11 is 0. The Morgan fingerprint density at radius 3 is 2.42 bits per heavy atom. The van der Waals surface area contributed by atoms with Crippen LogP contribution in [0.5, 0.6) is 0 Å². The summed E-state index contributed by atoms with van der Waals surface area (Å²) in [6, 6.07) is 18.0. The van der Waals surface area contributed by atoms with Crippen LogP contribution in [0.15, 0.2) is 60.6 Å². The van der Waals surface area contributed by atoms with Crippen LogP contribution in [0.25, 0.3) is 21.9 Å². The zero-order valence-corrected chi connectivity index (χ0v) is 14.2. The third-order valence-corrected chi connectivity index (χ3v) is 4.27. The lowest BCUT2D eigenvalue weighted by Crippen LogP contribution is -2.25. The molecule has 1 amide bonds. The van der Waals surface area contributed by atoms with E-state index in [1.807, 2.05) is 61.5 Å². The quantitative estimate of drug-likeness (QED) is 0.632. The number of hydrogen-bond donors (Lipinski definition) is 1. The van der Waals surface area contributed by atoms with Crippen LogP contribution in [0.2, 0.25) is 0 Å². The average Bonchev–Trinajstić information content (AvgIpc) is 2.65. The number of rotatable bonds is 5. The third-order valence-electron chi connectivity index (χ3n) is 4.27. The summed E-state index contributed by atoms with van der Waals surface area (Å²) in [6.45, 7) is 4.71. The number of fused-ring (bicyclic) bond motifs is 1. The van der Waals surface area contributed by atoms with Gasteiger partial charge in [0.1, 0.15) is 0 Å². The zero-order valence-electron chi connectivity index (χ0n) is 15.2. The molecule has 3 rings (SSSR count). The number of aryl methyl sites for hydroxylation is 1. The Bertz CT molecular complexity index is 903. The molecule has 0 radical (unpaired) electrons. The molecule has 0 bridgehead atoms. The van der Waals surface area contributed by atoms with E-state index in [9.17, 15) is 4.79 Å². The topological polar surface area (TPSA) is 29.1 Å². The SMILES string of the molecule is [2H]c1c(-c2ccccc2)c(C(=O)NCCCC)c2ccccc2c1C. The lowest BCUT2D eigenvalue weighted by molar-refractivity contribution is 0.0955. The van der Waals surface area contributed by atoms with Gasteiger partial charge in [0.2, 0.25) is 0 Å². The van der Waals surface area contributed by atoms with Gasteiger partial charge in [0.05, 0.1) is 6.93 Å². The van der Waals surface area contributed by atoms with E-state index in [0.29, 0.717) is 23.7 Å². The molecule has 0 atom stereocenters. The molecule has 0 aliphatic heterocycles. The van der Waals surface area contributed by atoms with E-state index in [-0.39, 0.29) is 5.91 Å². The predicted molar refractivity (Wildman–Crippen MR) is 101 cm³/mol. The highest BCUT2D eigenvalue weighted by Gasteiger charge is 2.17. The zero-order chi connectivity index (χ0) is 17.8. The summed E-state index contributed by atoms with van der Waals surface area (Å²) in [7, 11) is 0. The first-order valence-electron chi connectivity index (χ1n) is 9.00. The Kier molecular flexibility index (Phi) is 4.55. The van der Waals surface area contributed by atoms with Crippen LogP contribution in [0, 0.1) is 6.92 Å². The fourth-order valence-corrected chi connectivity index (χ4v) is 3.00. The minimum absolute atomic E-state index is 0.1000. The molecule has 122 valence electrons. The van der Waals surface area contributed by atoms with Crippen molar-refractivity contribution in [3.8, 4) is 11.1 Å². The molecular formula is C22H23NO. The molecule has 0 aliphatic carbocycles. The van der Waals surface area contributed by atoms with E-state index in [0.717, 1.165) is 34.7 Å². The van der Waals surface area contributed by atoms with Gasteiger partial charge in [0, 0.05) is 6.54 Å². The Morgan fingerprint density at radius 2 is 1.71 bits per heavy atom. The van der Waals surface area contributed by atoms with Gasteiger partial charge in [0.15, 0.2) is 0 Å². The second kappa shape index (κ2) is 7.31. The van der Waals surface area contributed by atoms with Crippen LogP contribution in [0.4, 0.5) is 0 Å². The second-order valence-electron chi connectivity index (χ2n) is 6.02. The lowest BCUT2D eigenvalue weighted by atomic mass is 9.91. The number of carbonyl (C=O) groups excluding carboxylic acids is 1. The smallest absolute Gasteiger partial charge is 0.252 e. The van der Waals surface area contributed by atoms with Crippen molar-refractivity contribution < 1.29 is 6.17 Å². The number of amides is 1. The van der Waals surface area contributed by atoms with Crippen molar-refractivity contribution in [2.24, 2.45) is 0 Å². The van der Waals surface area contributed by atoms with Gasteiger partial charge in [-0.05, 0) is 46.8 Å². The van der Waals surface area contributed by atoms with Crippen molar-refractivity contribution in [1.29, 1.82) is 0 Å². The van der Waals surface area contributed by atoms with Crippen LogP contribution in [0.1, 0.15) is 37.1 Å². The highest BCUT2D eigenvalue weighted by Crippen LogP contribution is 2.32. The Balaban J connectivity index is 2.27. The maximum absolute atomic E-state index is 13.0. The maximum atomic E-state index is 13.0. The monoisotopic (exact) mass is 318 g/mol. The molecule has 0 saturated heterocycles. The van der Waals surface area contributed by atoms with Crippen molar-refractivity contribution in [3.63, 3.8) is 0 Å². The Labute approximate surface area is 144 Å². The van der Waals surface area contributed by atoms with Crippen LogP contribution in [-0.2, 0) is 0 Å². The van der Waals surface area contributed by atoms with Crippen molar-refractivity contribution in [1.82, 2.24) is 5.32 Å². The van der Waals surface area contributed by atoms with Crippen LogP contribution < -0.4 is 5.32 Å². The Morgan fingerprint density at radius 1 is 1.04 bits per heavy atom. The predicted octanol–water partition coefficient (Wildman–Crippen LogP) is 5.35. The van der Waals surface area contributed by atoms with E-state index in [1.54, 1.807) is 0 Å². The number of nitrogens with one attached hydrogen (secondary N) is 1. The van der Waals surface area contributed by atoms with E-state index in [2.05, 4.69) is 12.2 Å². The molecule has 0 aliphatic rings. The number of unbranched alkanes of at least 4 members (excludes halogenated alkanes) is 1. The fourth-order valence-electron chi connectivity index (χ4n) is 3.00. The molecule has 24 heavy (non-hydrogen) atoms. The first-order chi connectivity index (χ1) is 12.1. The highest BCUT2D eigenvalue weighted by atomic mass is 16.1. The van der Waals surface area contributed by atoms with E-state index >= 15 is 0 Å². The summed E-state index contributed by atoms with van der Waals surface area (Å²) in [5.41, 5.74) is 3.13. The second-order valence-corrected chi connectivity index (χ2v) is 6.02. The van der Waals surface area contributed by atoms with Crippen molar-refractivity contribution >= 4 is 16.7 Å². The normalized spacial score (nSPS) is 11.3. The van der Waals surface area contributed by atoms with Gasteiger partial charge < -0.3 is 5.32 Å². The first kappa shape index (κ1) is 14.9. The molecule has 0 saturated carbocycles. The third kappa shape index (κ3) is 3.18. The van der Waals surface area contributed by atoms with Gasteiger partial charge in [-0.2, -0.15) is 0 Å². The molecule has 3 aromatic carbocycles. The van der Waals surface area contributed by atoms with Crippen molar-refractivity contribution in [3.05, 3.63) is 71.8 Å². The van der Waals surface area contributed by atoms with Crippen molar-refractivity contribution in [2.45, 2.75) is 26.7 Å². The first-order valence-corrected chi connectivity index (χ1v) is 8.50. The summed E-state index contributed by atoms with van der Waals surface area (Å²) in [4.78, 5) is 13.0. The molecule has 2 nitrogen and oxygen atoms in total. The largest absolute Gasteiger partial charge is 0.352 e. The molecule has 2 heteroatoms. The van der Waals surface area contributed by atoms with Gasteiger partial charge in [-0.1, -0.05) is 67.9 Å². The van der Waals surface area contributed by atoms with Gasteiger partial charge in [-0.15, -0.1) is 0 Å². The minimum Gasteiger partial charge on any atom is -0.352 e. The molecule has 3 aromatic rings. The number of carbonyl (C=O) groups is 1. The molecular weight excluding hydrogens is 294 g/mol. The molecule has 0 spiro atoms. The van der Waals surface area contributed by atoms with Crippen molar-refractivity contribution in [2.75, 3.05) is 6.54 Å². The maximum Gasteiger partial charge on any atom is 0.252 e. The minimum atomic E-state index is -0.1000. The van der Waals surface area contributed by atoms with Gasteiger partial charge in [0.25, 0.3) is 5.91 Å². The molecule has 0 fully saturated rings. The fraction of sp³-hybridized carbons (Fsp3) is 0.227. The highest BCUT2D eigenvalue weighted by molar-refractivity contribution is 6.13. The lowest BCUT2D eigenvalue weighted by Gasteiger charge is -2.15. The summed E-state index contributed by atoms with van der Waals surface area (Å²) < 4.78 is 8.68. The summed E-state index contributed by atoms with van der Waals surface area (Å²) in [6.07, 6.45) is 1.98. The summed E-state index contributed by atoms with van der Waals surface area (Å²) in [5, 5.41) is 4.90. The number of hydrogen-bond acceptors (Lipinski definition) is 1. The van der Waals surface area contributed by atoms with Crippen LogP contribution in [-0.4, -0.2) is 12.5 Å².